The second-order valence-electron chi connectivity index (χ2n) is 5.38. The number of ketones is 1. The van der Waals surface area contributed by atoms with Gasteiger partial charge in [0.05, 0.1) is 10.5 Å². The van der Waals surface area contributed by atoms with E-state index in [-0.39, 0.29) is 16.2 Å². The quantitative estimate of drug-likeness (QED) is 0.296. The lowest BCUT2D eigenvalue weighted by Crippen LogP contribution is -2.33. The monoisotopic (exact) mass is 402 g/mol. The number of hydrogen-bond donors (Lipinski definition) is 2. The summed E-state index contributed by atoms with van der Waals surface area (Å²) in [5, 5.41) is 17.6. The molecule has 0 saturated carbocycles. The Morgan fingerprint density at radius 3 is 2.23 bits per heavy atom. The van der Waals surface area contributed by atoms with Crippen molar-refractivity contribution in [2.24, 2.45) is 0 Å². The molecule has 0 aliphatic rings. The topological polar surface area (TPSA) is 125 Å². The van der Waals surface area contributed by atoms with E-state index in [9.17, 15) is 23.1 Å². The molecule has 26 heavy (non-hydrogen) atoms. The smallest absolute Gasteiger partial charge is 0.321 e. The van der Waals surface area contributed by atoms with Gasteiger partial charge in [-0.3, -0.25) is 9.59 Å². The Hall–Kier alpha value is -2.23. The Kier molecular flexibility index (Phi) is 7.49. The summed E-state index contributed by atoms with van der Waals surface area (Å²) >= 11 is 5.72. The van der Waals surface area contributed by atoms with Gasteiger partial charge in [-0.25, -0.2) is 8.42 Å². The maximum Gasteiger partial charge on any atom is 0.321 e. The van der Waals surface area contributed by atoms with Crippen LogP contribution in [0.15, 0.2) is 40.5 Å². The van der Waals surface area contributed by atoms with E-state index in [1.54, 1.807) is 0 Å². The van der Waals surface area contributed by atoms with Gasteiger partial charge in [0.15, 0.2) is 5.78 Å². The molecule has 10 heteroatoms. The summed E-state index contributed by atoms with van der Waals surface area (Å²) in [6.45, 7) is 1.23. The number of Topliss-reactive ketones (excluding diaryl/α,β-unsaturated/α-hetero) is 1. The first-order chi connectivity index (χ1) is 12.0. The predicted octanol–water partition coefficient (Wildman–Crippen LogP) is 1.94. The van der Waals surface area contributed by atoms with E-state index in [1.807, 2.05) is 0 Å². The number of nitrogens with zero attached hydrogens (tertiary/aromatic N) is 1. The number of hydrogen-bond acceptors (Lipinski definition) is 7. The summed E-state index contributed by atoms with van der Waals surface area (Å²) < 4.78 is 30.3. The van der Waals surface area contributed by atoms with Gasteiger partial charge in [-0.1, -0.05) is 11.6 Å². The molecule has 0 unspecified atom stereocenters. The van der Waals surface area contributed by atoms with Crippen LogP contribution in [0.1, 0.15) is 13.8 Å². The maximum absolute atomic E-state index is 12.3. The Morgan fingerprint density at radius 2 is 1.77 bits per heavy atom. The molecule has 0 radical (unpaired) electrons. The zero-order valence-corrected chi connectivity index (χ0v) is 16.0. The van der Waals surface area contributed by atoms with Crippen LogP contribution in [0.25, 0.3) is 0 Å². The third-order valence-electron chi connectivity index (χ3n) is 3.26. The molecule has 2 N–H and O–H groups in total. The van der Waals surface area contributed by atoms with Gasteiger partial charge in [0.25, 0.3) is 0 Å². The summed E-state index contributed by atoms with van der Waals surface area (Å²) in [6.07, 6.45) is 0. The Morgan fingerprint density at radius 1 is 1.23 bits per heavy atom. The van der Waals surface area contributed by atoms with Gasteiger partial charge >= 0.3 is 5.97 Å². The summed E-state index contributed by atoms with van der Waals surface area (Å²) in [4.78, 5) is 23.2. The Balaban J connectivity index is 2.78. The average Bonchev–Trinajstić information content (AvgIpc) is 2.52. The van der Waals surface area contributed by atoms with Gasteiger partial charge in [-0.05, 0) is 38.1 Å². The molecule has 0 fully saturated rings. The van der Waals surface area contributed by atoms with Crippen molar-refractivity contribution in [1.82, 2.24) is 4.31 Å². The van der Waals surface area contributed by atoms with Crippen molar-refractivity contribution in [3.05, 3.63) is 40.6 Å². The van der Waals surface area contributed by atoms with Gasteiger partial charge in [0, 0.05) is 17.8 Å². The zero-order valence-electron chi connectivity index (χ0n) is 14.4. The molecule has 1 aromatic carbocycles. The number of likely N-dealkylation sites (N-methyl/N-ethyl adjacent to an activating group) is 1. The van der Waals surface area contributed by atoms with Crippen molar-refractivity contribution in [2.45, 2.75) is 18.7 Å². The molecule has 0 aromatic heterocycles. The first-order valence-corrected chi connectivity index (χ1v) is 9.14. The molecule has 0 atom stereocenters. The van der Waals surface area contributed by atoms with Gasteiger partial charge in [0.1, 0.15) is 18.9 Å². The highest BCUT2D eigenvalue weighted by molar-refractivity contribution is 7.89. The van der Waals surface area contributed by atoms with Gasteiger partial charge in [-0.15, -0.1) is 0 Å². The second kappa shape index (κ2) is 8.93. The fraction of sp³-hybridized carbons (Fsp3) is 0.312. The summed E-state index contributed by atoms with van der Waals surface area (Å²) in [5.41, 5.74) is -0.423. The highest BCUT2D eigenvalue weighted by Crippen LogP contribution is 2.17. The molecule has 1 aromatic rings. The van der Waals surface area contributed by atoms with Crippen molar-refractivity contribution in [3.8, 4) is 0 Å². The molecule has 142 valence electrons. The number of esters is 1. The predicted molar refractivity (Wildman–Crippen MR) is 96.0 cm³/mol. The summed E-state index contributed by atoms with van der Waals surface area (Å²) in [7, 11) is -2.72. The minimum absolute atomic E-state index is 0.0433. The van der Waals surface area contributed by atoms with Crippen molar-refractivity contribution in [1.29, 1.82) is 5.41 Å². The fourth-order valence-electron chi connectivity index (χ4n) is 2.00. The number of rotatable bonds is 8. The summed E-state index contributed by atoms with van der Waals surface area (Å²) in [5.74, 6) is -2.04. The van der Waals surface area contributed by atoms with Gasteiger partial charge in [0.2, 0.25) is 10.0 Å². The molecule has 0 spiro atoms. The molecule has 0 heterocycles. The van der Waals surface area contributed by atoms with Crippen LogP contribution in [-0.4, -0.2) is 55.5 Å². The molecule has 0 saturated heterocycles. The van der Waals surface area contributed by atoms with Crippen LogP contribution < -0.4 is 0 Å². The molecule has 0 bridgehead atoms. The van der Waals surface area contributed by atoms with Crippen LogP contribution >= 0.6 is 11.6 Å². The number of carbonyl (C=O) groups is 2. The number of aliphatic hydroxyl groups is 1. The standard InChI is InChI=1S/C16H19ClN2O6S/c1-10(18)16(11(2)20)14(21)9-25-15(22)8-19(3)26(23,24)13-6-4-12(17)5-7-13/h4-7,18,21H,8-9H2,1-3H3/b16-14-,18-10?. The minimum atomic E-state index is -3.92. The van der Waals surface area contributed by atoms with Crippen LogP contribution in [-0.2, 0) is 24.3 Å². The molecular weight excluding hydrogens is 384 g/mol. The van der Waals surface area contributed by atoms with E-state index in [2.05, 4.69) is 0 Å². The van der Waals surface area contributed by atoms with Crippen LogP contribution in [0.4, 0.5) is 0 Å². The number of sulfonamides is 1. The number of allylic oxidation sites excluding steroid dienone is 1. The number of nitrogens with one attached hydrogen (secondary N) is 1. The van der Waals surface area contributed by atoms with Gasteiger partial charge in [-0.2, -0.15) is 4.31 Å². The first-order valence-electron chi connectivity index (χ1n) is 7.33. The zero-order chi connectivity index (χ0) is 20.1. The summed E-state index contributed by atoms with van der Waals surface area (Å²) in [6, 6.07) is 5.43. The Labute approximate surface area is 156 Å². The van der Waals surface area contributed by atoms with Crippen molar-refractivity contribution in [2.75, 3.05) is 20.2 Å². The van der Waals surface area contributed by atoms with Crippen LogP contribution in [0.5, 0.6) is 0 Å². The lowest BCUT2D eigenvalue weighted by atomic mass is 10.1. The van der Waals surface area contributed by atoms with Crippen LogP contribution in [0, 0.1) is 5.41 Å². The van der Waals surface area contributed by atoms with E-state index in [0.29, 0.717) is 5.02 Å². The van der Waals surface area contributed by atoms with Crippen molar-refractivity contribution in [3.63, 3.8) is 0 Å². The van der Waals surface area contributed by atoms with E-state index in [4.69, 9.17) is 21.7 Å². The number of aliphatic hydroxyl groups excluding tert-OH is 1. The lowest BCUT2D eigenvalue weighted by Gasteiger charge is -2.16. The molecule has 8 nitrogen and oxygen atoms in total. The lowest BCUT2D eigenvalue weighted by molar-refractivity contribution is -0.143. The Bertz CT molecular complexity index is 830. The number of carbonyl (C=O) groups excluding carboxylic acids is 2. The third-order valence-corrected chi connectivity index (χ3v) is 5.33. The molecule has 1 rings (SSSR count). The van der Waals surface area contributed by atoms with E-state index < -0.39 is 40.7 Å². The van der Waals surface area contributed by atoms with Gasteiger partial charge < -0.3 is 15.3 Å². The average molecular weight is 403 g/mol. The van der Waals surface area contributed by atoms with Crippen LogP contribution in [0.3, 0.4) is 0 Å². The third kappa shape index (κ3) is 5.65. The molecule has 0 aliphatic heterocycles. The van der Waals surface area contributed by atoms with E-state index in [1.165, 1.54) is 38.2 Å². The van der Waals surface area contributed by atoms with E-state index >= 15 is 0 Å². The normalized spacial score (nSPS) is 12.5. The highest BCUT2D eigenvalue weighted by Gasteiger charge is 2.24. The van der Waals surface area contributed by atoms with Crippen molar-refractivity contribution < 1.29 is 27.9 Å². The largest absolute Gasteiger partial charge is 0.508 e. The molecule has 0 aliphatic carbocycles. The fourth-order valence-corrected chi connectivity index (χ4v) is 3.24. The van der Waals surface area contributed by atoms with Crippen LogP contribution in [0.2, 0.25) is 5.02 Å². The minimum Gasteiger partial charge on any atom is -0.508 e. The van der Waals surface area contributed by atoms with E-state index in [0.717, 1.165) is 11.2 Å². The SMILES string of the molecule is CC(=N)/C(C(C)=O)=C(/O)COC(=O)CN(C)S(=O)(=O)c1ccc(Cl)cc1. The number of benzene rings is 1. The highest BCUT2D eigenvalue weighted by atomic mass is 35.5. The second-order valence-corrected chi connectivity index (χ2v) is 7.86. The number of ether oxygens (including phenoxy) is 1. The molecular formula is C16H19ClN2O6S. The molecule has 0 amide bonds. The number of halogens is 1. The maximum atomic E-state index is 12.3. The first kappa shape index (κ1) is 21.8. The van der Waals surface area contributed by atoms with Crippen molar-refractivity contribution >= 4 is 39.1 Å².